The summed E-state index contributed by atoms with van der Waals surface area (Å²) >= 11 is 1.71. The maximum Gasteiger partial charge on any atom is 0.269 e. The Morgan fingerprint density at radius 3 is 2.59 bits per heavy atom. The maximum absolute atomic E-state index is 6.07. The Hall–Kier alpha value is -0.743. The van der Waals surface area contributed by atoms with E-state index in [1.165, 1.54) is 11.1 Å². The van der Waals surface area contributed by atoms with E-state index in [0.717, 1.165) is 12.4 Å². The molecular formula is C13H20O2SSi. The zero-order valence-electron chi connectivity index (χ0n) is 11.2. The lowest BCUT2D eigenvalue weighted by Crippen LogP contribution is -2.27. The predicted molar refractivity (Wildman–Crippen MR) is 75.5 cm³/mol. The summed E-state index contributed by atoms with van der Waals surface area (Å²) in [4.78, 5) is 0. The lowest BCUT2D eigenvalue weighted by atomic mass is 9.98. The molecule has 17 heavy (non-hydrogen) atoms. The average molecular weight is 268 g/mol. The van der Waals surface area contributed by atoms with Crippen LogP contribution in [0.3, 0.4) is 0 Å². The summed E-state index contributed by atoms with van der Waals surface area (Å²) in [6.45, 7) is 10.8. The number of hydrogen-bond donors (Lipinski definition) is 0. The van der Waals surface area contributed by atoms with Crippen molar-refractivity contribution < 1.29 is 9.16 Å². The molecule has 0 bridgehead atoms. The molecule has 0 saturated carbocycles. The largest absolute Gasteiger partial charge is 0.519 e. The van der Waals surface area contributed by atoms with E-state index in [2.05, 4.69) is 50.3 Å². The Morgan fingerprint density at radius 2 is 2.06 bits per heavy atom. The van der Waals surface area contributed by atoms with Gasteiger partial charge in [-0.2, -0.15) is 11.3 Å². The minimum Gasteiger partial charge on any atom is -0.519 e. The van der Waals surface area contributed by atoms with Crippen LogP contribution in [0.2, 0.25) is 19.6 Å². The second-order valence-corrected chi connectivity index (χ2v) is 11.2. The predicted octanol–water partition coefficient (Wildman–Crippen LogP) is 4.47. The van der Waals surface area contributed by atoms with Gasteiger partial charge < -0.3 is 9.16 Å². The highest BCUT2D eigenvalue weighted by atomic mass is 32.1. The quantitative estimate of drug-likeness (QED) is 0.753. The van der Waals surface area contributed by atoms with Gasteiger partial charge in [0, 0.05) is 12.0 Å². The lowest BCUT2D eigenvalue weighted by molar-refractivity contribution is 0.00576. The van der Waals surface area contributed by atoms with Crippen molar-refractivity contribution in [3.8, 4) is 0 Å². The van der Waals surface area contributed by atoms with Crippen molar-refractivity contribution in [2.45, 2.75) is 45.5 Å². The summed E-state index contributed by atoms with van der Waals surface area (Å²) in [5.41, 5.74) is 2.32. The molecule has 0 unspecified atom stereocenters. The van der Waals surface area contributed by atoms with Crippen molar-refractivity contribution in [3.05, 3.63) is 28.3 Å². The molecule has 0 atom stereocenters. The molecule has 1 aromatic heterocycles. The fourth-order valence-corrected chi connectivity index (χ4v) is 3.26. The highest BCUT2D eigenvalue weighted by Crippen LogP contribution is 2.41. The van der Waals surface area contributed by atoms with Crippen LogP contribution in [-0.2, 0) is 9.16 Å². The van der Waals surface area contributed by atoms with Crippen LogP contribution in [0.1, 0.15) is 25.8 Å². The summed E-state index contributed by atoms with van der Waals surface area (Å²) in [5.74, 6) is 0.757. The third-order valence-electron chi connectivity index (χ3n) is 2.49. The molecule has 2 heterocycles. The van der Waals surface area contributed by atoms with E-state index >= 15 is 0 Å². The highest BCUT2D eigenvalue weighted by molar-refractivity contribution is 7.08. The molecule has 0 saturated heterocycles. The van der Waals surface area contributed by atoms with Gasteiger partial charge in [-0.25, -0.2) is 0 Å². The Bertz CT molecular complexity index is 427. The van der Waals surface area contributed by atoms with Crippen molar-refractivity contribution in [2.24, 2.45) is 0 Å². The maximum atomic E-state index is 6.07. The summed E-state index contributed by atoms with van der Waals surface area (Å²) in [6, 6.07) is 2.14. The molecule has 0 N–H and O–H groups in total. The molecule has 0 radical (unpaired) electrons. The summed E-state index contributed by atoms with van der Waals surface area (Å²) in [7, 11) is -1.62. The first-order valence-electron chi connectivity index (χ1n) is 5.91. The normalized spacial score (nSPS) is 19.4. The van der Waals surface area contributed by atoms with Crippen LogP contribution in [0.25, 0.3) is 5.57 Å². The van der Waals surface area contributed by atoms with Gasteiger partial charge in [-0.3, -0.25) is 0 Å². The molecule has 1 aromatic rings. The molecule has 1 aliphatic rings. The second-order valence-electron chi connectivity index (χ2n) is 6.03. The van der Waals surface area contributed by atoms with Crippen LogP contribution in [0, 0.1) is 0 Å². The van der Waals surface area contributed by atoms with Gasteiger partial charge in [0.25, 0.3) is 5.95 Å². The monoisotopic (exact) mass is 268 g/mol. The average Bonchev–Trinajstić information content (AvgIpc) is 2.69. The smallest absolute Gasteiger partial charge is 0.269 e. The molecule has 0 aromatic carbocycles. The van der Waals surface area contributed by atoms with Gasteiger partial charge in [0.1, 0.15) is 5.60 Å². The molecule has 4 heteroatoms. The first-order chi connectivity index (χ1) is 7.77. The third kappa shape index (κ3) is 3.13. The molecule has 0 aliphatic carbocycles. The van der Waals surface area contributed by atoms with Crippen LogP contribution in [-0.4, -0.2) is 13.9 Å². The minimum absolute atomic E-state index is 0.147. The van der Waals surface area contributed by atoms with Gasteiger partial charge in [0.2, 0.25) is 8.32 Å². The van der Waals surface area contributed by atoms with Gasteiger partial charge in [-0.05, 0) is 55.9 Å². The summed E-state index contributed by atoms with van der Waals surface area (Å²) < 4.78 is 12.0. The minimum atomic E-state index is -1.62. The van der Waals surface area contributed by atoms with Crippen LogP contribution in [0.5, 0.6) is 0 Å². The number of thiophene rings is 1. The molecule has 0 spiro atoms. The van der Waals surface area contributed by atoms with E-state index in [1.807, 2.05) is 0 Å². The topological polar surface area (TPSA) is 18.5 Å². The van der Waals surface area contributed by atoms with Crippen LogP contribution in [0.4, 0.5) is 0 Å². The van der Waals surface area contributed by atoms with E-state index < -0.39 is 8.32 Å². The zero-order valence-corrected chi connectivity index (χ0v) is 13.0. The summed E-state index contributed by atoms with van der Waals surface area (Å²) in [5, 5.41) is 4.26. The SMILES string of the molecule is CC1(C)CC(c2ccsc2)=C(O[Si](C)(C)C)O1. The summed E-state index contributed by atoms with van der Waals surface area (Å²) in [6.07, 6.45) is 0.920. The third-order valence-corrected chi connectivity index (χ3v) is 3.97. The molecule has 0 amide bonds. The first-order valence-corrected chi connectivity index (χ1v) is 10.3. The van der Waals surface area contributed by atoms with Crippen molar-refractivity contribution in [1.82, 2.24) is 0 Å². The van der Waals surface area contributed by atoms with Gasteiger partial charge >= 0.3 is 0 Å². The highest BCUT2D eigenvalue weighted by Gasteiger charge is 2.36. The van der Waals surface area contributed by atoms with Crippen LogP contribution >= 0.6 is 11.3 Å². The van der Waals surface area contributed by atoms with Crippen LogP contribution < -0.4 is 0 Å². The molecule has 94 valence electrons. The van der Waals surface area contributed by atoms with Gasteiger partial charge in [0.05, 0.1) is 0 Å². The second kappa shape index (κ2) is 4.17. The Balaban J connectivity index is 2.32. The lowest BCUT2D eigenvalue weighted by Gasteiger charge is -2.24. The van der Waals surface area contributed by atoms with Crippen LogP contribution in [0.15, 0.2) is 22.8 Å². The molecular weight excluding hydrogens is 248 g/mol. The number of hydrogen-bond acceptors (Lipinski definition) is 3. The van der Waals surface area contributed by atoms with E-state index in [9.17, 15) is 0 Å². The zero-order chi connectivity index (χ0) is 12.7. The Morgan fingerprint density at radius 1 is 1.35 bits per heavy atom. The van der Waals surface area contributed by atoms with Gasteiger partial charge in [-0.15, -0.1) is 0 Å². The first kappa shape index (κ1) is 12.7. The standard InChI is InChI=1S/C13H20O2SSi/c1-13(2)8-11(10-6-7-16-9-10)12(14-13)15-17(3,4)5/h6-7,9H,8H2,1-5H3. The van der Waals surface area contributed by atoms with E-state index in [1.54, 1.807) is 11.3 Å². The van der Waals surface area contributed by atoms with E-state index in [-0.39, 0.29) is 5.60 Å². The fourth-order valence-electron chi connectivity index (χ4n) is 1.86. The molecule has 0 fully saturated rings. The van der Waals surface area contributed by atoms with Gasteiger partial charge in [0.15, 0.2) is 0 Å². The molecule has 2 rings (SSSR count). The van der Waals surface area contributed by atoms with Crippen molar-refractivity contribution >= 4 is 25.2 Å². The van der Waals surface area contributed by atoms with Crippen molar-refractivity contribution in [1.29, 1.82) is 0 Å². The fraction of sp³-hybridized carbons (Fsp3) is 0.538. The Kier molecular flexibility index (Phi) is 3.12. The van der Waals surface area contributed by atoms with Crippen molar-refractivity contribution in [2.75, 3.05) is 0 Å². The molecule has 1 aliphatic heterocycles. The van der Waals surface area contributed by atoms with E-state index in [0.29, 0.717) is 0 Å². The number of ether oxygens (including phenoxy) is 1. The Labute approximate surface area is 108 Å². The van der Waals surface area contributed by atoms with Gasteiger partial charge in [-0.1, -0.05) is 0 Å². The van der Waals surface area contributed by atoms with Crippen molar-refractivity contribution in [3.63, 3.8) is 0 Å². The number of rotatable bonds is 3. The van der Waals surface area contributed by atoms with E-state index in [4.69, 9.17) is 9.16 Å². The molecule has 2 nitrogen and oxygen atoms in total.